The van der Waals surface area contributed by atoms with Crippen LogP contribution in [0.3, 0.4) is 0 Å². The molecule has 1 aromatic rings. The number of ether oxygens (including phenoxy) is 3. The first kappa shape index (κ1) is 25.5. The third-order valence-electron chi connectivity index (χ3n) is 5.69. The summed E-state index contributed by atoms with van der Waals surface area (Å²) in [5.74, 6) is 0. The summed E-state index contributed by atoms with van der Waals surface area (Å²) < 4.78 is 98.3. The molecule has 2 aliphatic rings. The molecule has 1 fully saturated rings. The van der Waals surface area contributed by atoms with Gasteiger partial charge in [0.2, 0.25) is 0 Å². The van der Waals surface area contributed by atoms with Crippen molar-refractivity contribution in [3.63, 3.8) is 0 Å². The van der Waals surface area contributed by atoms with Crippen LogP contribution in [-0.4, -0.2) is 38.5 Å². The van der Waals surface area contributed by atoms with Crippen LogP contribution in [0, 0.1) is 0 Å². The Morgan fingerprint density at radius 3 is 2.33 bits per heavy atom. The molecule has 3 nitrogen and oxygen atoms in total. The van der Waals surface area contributed by atoms with Crippen molar-refractivity contribution in [2.45, 2.75) is 56.7 Å². The summed E-state index contributed by atoms with van der Waals surface area (Å²) in [7, 11) is 0.970. The number of alkyl halides is 6. The molecule has 1 saturated heterocycles. The van der Waals surface area contributed by atoms with Gasteiger partial charge >= 0.3 is 12.4 Å². The summed E-state index contributed by atoms with van der Waals surface area (Å²) in [6.07, 6.45) is -6.68. The normalized spacial score (nSPS) is 24.6. The molecule has 1 aromatic carbocycles. The van der Waals surface area contributed by atoms with E-state index in [-0.39, 0.29) is 6.10 Å². The molecular formula is C24H26F6O3. The van der Waals surface area contributed by atoms with Gasteiger partial charge in [0.1, 0.15) is 12.9 Å². The number of methoxy groups -OCH3 is 1. The van der Waals surface area contributed by atoms with Crippen molar-refractivity contribution < 1.29 is 40.6 Å². The summed E-state index contributed by atoms with van der Waals surface area (Å²) in [4.78, 5) is 0. The molecule has 3 rings (SSSR count). The Kier molecular flexibility index (Phi) is 7.76. The Balaban J connectivity index is 2.15. The van der Waals surface area contributed by atoms with Gasteiger partial charge in [0.05, 0.1) is 6.61 Å². The highest BCUT2D eigenvalue weighted by atomic mass is 19.4. The molecule has 0 amide bonds. The highest BCUT2D eigenvalue weighted by Crippen LogP contribution is 2.52. The van der Waals surface area contributed by atoms with Crippen LogP contribution in [0.1, 0.15) is 49.8 Å². The number of benzene rings is 1. The van der Waals surface area contributed by atoms with Crippen molar-refractivity contribution in [1.82, 2.24) is 0 Å². The van der Waals surface area contributed by atoms with Gasteiger partial charge in [0, 0.05) is 7.11 Å². The molecule has 1 aliphatic carbocycles. The Morgan fingerprint density at radius 2 is 1.76 bits per heavy atom. The molecule has 1 atom stereocenters. The largest absolute Gasteiger partial charge is 0.430 e. The standard InChI is InChI=1S/C24H26F6O3/c1-3-5-16-8-10-20(22(23(25,26)27,24(28,29)30)33-15-31-2)11-9-18(12-16)17-6-4-7-19(13-17)21-14-32-21/h4,6-9,11,13,21H,3,5,10,12,14-15H2,1-2H3/b16-8-,18-9+,20-11+. The Bertz CT molecular complexity index is 909. The average Bonchev–Trinajstić information content (AvgIpc) is 3.55. The number of epoxide rings is 1. The van der Waals surface area contributed by atoms with Gasteiger partial charge in [0.25, 0.3) is 5.60 Å². The Morgan fingerprint density at radius 1 is 1.06 bits per heavy atom. The topological polar surface area (TPSA) is 31.0 Å². The van der Waals surface area contributed by atoms with Gasteiger partial charge in [-0.1, -0.05) is 55.3 Å². The number of hydrogen-bond donors (Lipinski definition) is 0. The van der Waals surface area contributed by atoms with Crippen molar-refractivity contribution in [1.29, 1.82) is 0 Å². The van der Waals surface area contributed by atoms with E-state index in [1.54, 1.807) is 12.1 Å². The molecule has 0 aromatic heterocycles. The maximum Gasteiger partial charge on any atom is 0.430 e. The van der Waals surface area contributed by atoms with Gasteiger partial charge < -0.3 is 14.2 Å². The van der Waals surface area contributed by atoms with Crippen LogP contribution in [0.25, 0.3) is 5.57 Å². The maximum absolute atomic E-state index is 14.0. The van der Waals surface area contributed by atoms with Crippen molar-refractivity contribution in [2.75, 3.05) is 20.5 Å². The molecule has 0 radical (unpaired) electrons. The summed E-state index contributed by atoms with van der Waals surface area (Å²) in [5, 5.41) is 0. The second-order valence-corrected chi connectivity index (χ2v) is 8.05. The van der Waals surface area contributed by atoms with Crippen molar-refractivity contribution in [3.8, 4) is 0 Å². The fraction of sp³-hybridized carbons (Fsp3) is 0.500. The quantitative estimate of drug-likeness (QED) is 0.174. The summed E-state index contributed by atoms with van der Waals surface area (Å²) in [6, 6.07) is 7.34. The first-order valence-electron chi connectivity index (χ1n) is 10.6. The smallest absolute Gasteiger partial charge is 0.368 e. The maximum atomic E-state index is 14.0. The zero-order chi connectivity index (χ0) is 24.3. The Hall–Kier alpha value is -2.10. The van der Waals surface area contributed by atoms with Crippen molar-refractivity contribution in [2.24, 2.45) is 0 Å². The third kappa shape index (κ3) is 5.53. The number of hydrogen-bond acceptors (Lipinski definition) is 3. The van der Waals surface area contributed by atoms with Gasteiger partial charge in [-0.2, -0.15) is 26.3 Å². The van der Waals surface area contributed by atoms with Crippen molar-refractivity contribution in [3.05, 3.63) is 64.8 Å². The molecular weight excluding hydrogens is 450 g/mol. The molecule has 0 spiro atoms. The van der Waals surface area contributed by atoms with Gasteiger partial charge in [-0.15, -0.1) is 0 Å². The lowest BCUT2D eigenvalue weighted by Crippen LogP contribution is -2.60. The minimum atomic E-state index is -5.75. The van der Waals surface area contributed by atoms with Crippen LogP contribution in [0.5, 0.6) is 0 Å². The molecule has 1 aliphatic heterocycles. The van der Waals surface area contributed by atoms with E-state index in [9.17, 15) is 26.3 Å². The first-order chi connectivity index (χ1) is 15.5. The second kappa shape index (κ2) is 10.0. The molecule has 1 unspecified atom stereocenters. The molecule has 0 bridgehead atoms. The summed E-state index contributed by atoms with van der Waals surface area (Å²) >= 11 is 0. The van der Waals surface area contributed by atoms with Crippen LogP contribution >= 0.6 is 0 Å². The fourth-order valence-electron chi connectivity index (χ4n) is 3.98. The highest BCUT2D eigenvalue weighted by molar-refractivity contribution is 5.70. The number of rotatable bonds is 8. The van der Waals surface area contributed by atoms with E-state index in [1.807, 2.05) is 19.1 Å². The van der Waals surface area contributed by atoms with Crippen LogP contribution in [0.15, 0.2) is 53.6 Å². The van der Waals surface area contributed by atoms with E-state index in [0.717, 1.165) is 29.9 Å². The predicted octanol–water partition coefficient (Wildman–Crippen LogP) is 7.07. The van der Waals surface area contributed by atoms with Crippen LogP contribution < -0.4 is 0 Å². The third-order valence-corrected chi connectivity index (χ3v) is 5.69. The van der Waals surface area contributed by atoms with Gasteiger partial charge in [-0.3, -0.25) is 0 Å². The monoisotopic (exact) mass is 476 g/mol. The van der Waals surface area contributed by atoms with E-state index in [2.05, 4.69) is 9.47 Å². The number of halogens is 6. The number of allylic oxidation sites excluding steroid dienone is 5. The van der Waals surface area contributed by atoms with E-state index >= 15 is 0 Å². The van der Waals surface area contributed by atoms with Crippen LogP contribution in [0.2, 0.25) is 0 Å². The van der Waals surface area contributed by atoms with Crippen LogP contribution in [-0.2, 0) is 14.2 Å². The molecule has 9 heteroatoms. The lowest BCUT2D eigenvalue weighted by molar-refractivity contribution is -0.377. The average molecular weight is 476 g/mol. The Labute approximate surface area is 188 Å². The molecule has 0 saturated carbocycles. The first-order valence-corrected chi connectivity index (χ1v) is 10.6. The predicted molar refractivity (Wildman–Crippen MR) is 111 cm³/mol. The van der Waals surface area contributed by atoms with E-state index in [0.29, 0.717) is 31.4 Å². The zero-order valence-corrected chi connectivity index (χ0v) is 18.4. The van der Waals surface area contributed by atoms with Gasteiger partial charge in [-0.25, -0.2) is 0 Å². The molecule has 33 heavy (non-hydrogen) atoms. The van der Waals surface area contributed by atoms with Crippen LogP contribution in [0.4, 0.5) is 26.3 Å². The van der Waals surface area contributed by atoms with E-state index in [1.165, 1.54) is 12.2 Å². The minimum Gasteiger partial charge on any atom is -0.368 e. The molecule has 0 N–H and O–H groups in total. The molecule has 1 heterocycles. The van der Waals surface area contributed by atoms with Gasteiger partial charge in [0.15, 0.2) is 0 Å². The van der Waals surface area contributed by atoms with Crippen molar-refractivity contribution >= 4 is 5.57 Å². The lowest BCUT2D eigenvalue weighted by Gasteiger charge is -2.38. The fourth-order valence-corrected chi connectivity index (χ4v) is 3.98. The minimum absolute atomic E-state index is 0.0265. The van der Waals surface area contributed by atoms with Gasteiger partial charge in [-0.05, 0) is 47.6 Å². The summed E-state index contributed by atoms with van der Waals surface area (Å²) in [6.45, 7) is 1.33. The summed E-state index contributed by atoms with van der Waals surface area (Å²) in [5.41, 5.74) is -2.38. The SMILES string of the molecule is CCC/C1=C/C/C(C(OCOC)(C(F)(F)F)C(F)(F)F)=C\C=C(\c2cccc(C3CO3)c2)C1. The molecule has 182 valence electrons. The lowest BCUT2D eigenvalue weighted by atomic mass is 9.84. The van der Waals surface area contributed by atoms with E-state index < -0.39 is 36.7 Å². The highest BCUT2D eigenvalue weighted by Gasteiger charge is 2.74. The zero-order valence-electron chi connectivity index (χ0n) is 18.4. The van der Waals surface area contributed by atoms with E-state index in [4.69, 9.17) is 4.74 Å². The second-order valence-electron chi connectivity index (χ2n) is 8.05.